The van der Waals surface area contributed by atoms with Crippen LogP contribution in [-0.4, -0.2) is 15.6 Å². The number of carbonyl (C=O) groups is 1. The maximum atomic E-state index is 12.7. The van der Waals surface area contributed by atoms with Crippen LogP contribution in [0.15, 0.2) is 42.0 Å². The van der Waals surface area contributed by atoms with Gasteiger partial charge in [0.2, 0.25) is 0 Å². The summed E-state index contributed by atoms with van der Waals surface area (Å²) < 4.78 is 1.96. The molecule has 0 aliphatic heterocycles. The lowest BCUT2D eigenvalue weighted by Crippen LogP contribution is -2.46. The molecule has 0 saturated carbocycles. The molecule has 0 amide bonds. The van der Waals surface area contributed by atoms with Crippen molar-refractivity contribution in [2.24, 2.45) is 18.9 Å². The molecule has 0 radical (unpaired) electrons. The van der Waals surface area contributed by atoms with Crippen LogP contribution in [0.1, 0.15) is 37.9 Å². The molecule has 132 valence electrons. The van der Waals surface area contributed by atoms with Crippen LogP contribution in [0.4, 0.5) is 0 Å². The van der Waals surface area contributed by atoms with E-state index in [1.54, 1.807) is 0 Å². The van der Waals surface area contributed by atoms with Gasteiger partial charge in [0, 0.05) is 29.5 Å². The summed E-state index contributed by atoms with van der Waals surface area (Å²) in [4.78, 5) is 12.7. The number of carbonyl (C=O) groups excluding carboxylic acids is 1. The first-order valence-electron chi connectivity index (χ1n) is 9.30. The van der Waals surface area contributed by atoms with Crippen molar-refractivity contribution in [2.45, 2.75) is 38.5 Å². The zero-order chi connectivity index (χ0) is 18.5. The van der Waals surface area contributed by atoms with Crippen LogP contribution >= 0.6 is 0 Å². The van der Waals surface area contributed by atoms with Crippen LogP contribution in [0, 0.1) is 23.2 Å². The average Bonchev–Trinajstić information content (AvgIpc) is 3.00. The number of Topliss-reactive ketones (excluding diaryl/α,β-unsaturated/α-hetero) is 1. The zero-order valence-electron chi connectivity index (χ0n) is 15.5. The fourth-order valence-corrected chi connectivity index (χ4v) is 5.08. The number of fused-ring (bicyclic) bond motifs is 3. The van der Waals surface area contributed by atoms with E-state index >= 15 is 0 Å². The third-order valence-corrected chi connectivity index (χ3v) is 6.27. The molecular formula is C22H23N3O. The highest BCUT2D eigenvalue weighted by Gasteiger charge is 2.51. The Hall–Kier alpha value is -2.67. The Bertz CT molecular complexity index is 948. The third-order valence-electron chi connectivity index (χ3n) is 6.27. The van der Waals surface area contributed by atoms with Gasteiger partial charge in [0.15, 0.2) is 5.78 Å². The molecule has 0 saturated heterocycles. The first-order chi connectivity index (χ1) is 12.5. The summed E-state index contributed by atoms with van der Waals surface area (Å²) in [5.74, 6) is 0.137. The van der Waals surface area contributed by atoms with E-state index in [-0.39, 0.29) is 23.0 Å². The average molecular weight is 345 g/mol. The molecule has 26 heavy (non-hydrogen) atoms. The second-order valence-electron chi connectivity index (χ2n) is 7.64. The van der Waals surface area contributed by atoms with Crippen molar-refractivity contribution in [3.8, 4) is 17.3 Å². The van der Waals surface area contributed by atoms with E-state index < -0.39 is 0 Å². The van der Waals surface area contributed by atoms with Crippen molar-refractivity contribution in [3.63, 3.8) is 0 Å². The molecule has 4 rings (SSSR count). The van der Waals surface area contributed by atoms with E-state index in [1.807, 2.05) is 42.9 Å². The molecule has 2 aromatic rings. The monoisotopic (exact) mass is 345 g/mol. The van der Waals surface area contributed by atoms with Gasteiger partial charge < -0.3 is 0 Å². The Morgan fingerprint density at radius 2 is 2.08 bits per heavy atom. The highest BCUT2D eigenvalue weighted by atomic mass is 16.1. The van der Waals surface area contributed by atoms with Crippen LogP contribution in [0.2, 0.25) is 0 Å². The van der Waals surface area contributed by atoms with Gasteiger partial charge in [0.05, 0.1) is 17.0 Å². The molecule has 4 nitrogen and oxygen atoms in total. The lowest BCUT2D eigenvalue weighted by atomic mass is 9.57. The molecule has 0 unspecified atom stereocenters. The number of nitriles is 1. The molecule has 1 aromatic heterocycles. The van der Waals surface area contributed by atoms with E-state index in [2.05, 4.69) is 25.1 Å². The summed E-state index contributed by atoms with van der Waals surface area (Å²) >= 11 is 0. The predicted octanol–water partition coefficient (Wildman–Crippen LogP) is 3.97. The number of rotatable bonds is 2. The normalized spacial score (nSPS) is 27.3. The fraction of sp³-hybridized carbons (Fsp3) is 0.409. The third kappa shape index (κ3) is 2.20. The maximum Gasteiger partial charge on any atom is 0.176 e. The number of ketones is 1. The first-order valence-corrected chi connectivity index (χ1v) is 9.30. The van der Waals surface area contributed by atoms with Gasteiger partial charge >= 0.3 is 0 Å². The zero-order valence-corrected chi connectivity index (χ0v) is 15.5. The van der Waals surface area contributed by atoms with E-state index in [1.165, 1.54) is 5.56 Å². The smallest absolute Gasteiger partial charge is 0.176 e. The summed E-state index contributed by atoms with van der Waals surface area (Å²) in [5.41, 5.74) is 4.54. The molecule has 1 aromatic carbocycles. The molecule has 2 aliphatic carbocycles. The molecule has 4 heteroatoms. The van der Waals surface area contributed by atoms with Crippen molar-refractivity contribution >= 4 is 5.78 Å². The predicted molar refractivity (Wildman–Crippen MR) is 100 cm³/mol. The van der Waals surface area contributed by atoms with Gasteiger partial charge in [-0.2, -0.15) is 10.4 Å². The molecular weight excluding hydrogens is 322 g/mol. The SMILES string of the molecule is CC[C@@H]1C(=O)C(C#N)=C[C@]2(C)c3nn(C)c(-c4ccccc4)c3CC[C@@H]12. The van der Waals surface area contributed by atoms with Gasteiger partial charge in [0.25, 0.3) is 0 Å². The molecule has 0 spiro atoms. The van der Waals surface area contributed by atoms with Crippen LogP contribution in [0.3, 0.4) is 0 Å². The Morgan fingerprint density at radius 3 is 2.73 bits per heavy atom. The summed E-state index contributed by atoms with van der Waals surface area (Å²) in [6.07, 6.45) is 4.54. The van der Waals surface area contributed by atoms with E-state index in [0.717, 1.165) is 36.2 Å². The minimum absolute atomic E-state index is 0.0140. The van der Waals surface area contributed by atoms with Gasteiger partial charge in [0.1, 0.15) is 6.07 Å². The topological polar surface area (TPSA) is 58.7 Å². The first kappa shape index (κ1) is 16.8. The van der Waals surface area contributed by atoms with Crippen molar-refractivity contribution in [1.29, 1.82) is 5.26 Å². The summed E-state index contributed by atoms with van der Waals surface area (Å²) in [6, 6.07) is 12.5. The minimum Gasteiger partial charge on any atom is -0.293 e. The number of nitrogens with zero attached hydrogens (tertiary/aromatic N) is 3. The summed E-state index contributed by atoms with van der Waals surface area (Å²) in [5, 5.41) is 14.4. The molecule has 2 aliphatic rings. The highest BCUT2D eigenvalue weighted by molar-refractivity contribution is 6.02. The molecule has 1 heterocycles. The Kier molecular flexibility index (Phi) is 3.84. The lowest BCUT2D eigenvalue weighted by Gasteiger charge is -2.45. The largest absolute Gasteiger partial charge is 0.293 e. The Balaban J connectivity index is 1.94. The second kappa shape index (κ2) is 5.95. The molecule has 0 fully saturated rings. The van der Waals surface area contributed by atoms with Crippen LogP contribution in [0.5, 0.6) is 0 Å². The van der Waals surface area contributed by atoms with Gasteiger partial charge in [-0.15, -0.1) is 0 Å². The second-order valence-corrected chi connectivity index (χ2v) is 7.64. The van der Waals surface area contributed by atoms with Gasteiger partial charge in [-0.3, -0.25) is 9.48 Å². The Labute approximate surface area is 154 Å². The lowest BCUT2D eigenvalue weighted by molar-refractivity contribution is -0.122. The number of benzene rings is 1. The number of allylic oxidation sites excluding steroid dienone is 2. The van der Waals surface area contributed by atoms with E-state index in [9.17, 15) is 10.1 Å². The van der Waals surface area contributed by atoms with Crippen molar-refractivity contribution in [2.75, 3.05) is 0 Å². The van der Waals surface area contributed by atoms with Crippen molar-refractivity contribution < 1.29 is 4.79 Å². The van der Waals surface area contributed by atoms with E-state index in [4.69, 9.17) is 5.10 Å². The van der Waals surface area contributed by atoms with Crippen LogP contribution in [0.25, 0.3) is 11.3 Å². The van der Waals surface area contributed by atoms with Gasteiger partial charge in [-0.1, -0.05) is 50.3 Å². The van der Waals surface area contributed by atoms with Crippen molar-refractivity contribution in [3.05, 3.63) is 53.2 Å². The Morgan fingerprint density at radius 1 is 1.35 bits per heavy atom. The van der Waals surface area contributed by atoms with Crippen molar-refractivity contribution in [1.82, 2.24) is 9.78 Å². The summed E-state index contributed by atoms with van der Waals surface area (Å²) in [7, 11) is 1.99. The highest BCUT2D eigenvalue weighted by Crippen LogP contribution is 2.51. The number of aromatic nitrogens is 2. The number of hydrogen-bond donors (Lipinski definition) is 0. The van der Waals surface area contributed by atoms with Gasteiger partial charge in [-0.05, 0) is 25.2 Å². The van der Waals surface area contributed by atoms with Gasteiger partial charge in [-0.25, -0.2) is 0 Å². The molecule has 3 atom stereocenters. The quantitative estimate of drug-likeness (QED) is 0.827. The van der Waals surface area contributed by atoms with E-state index in [0.29, 0.717) is 5.57 Å². The van der Waals surface area contributed by atoms with Crippen LogP contribution in [-0.2, 0) is 23.7 Å². The van der Waals surface area contributed by atoms with Crippen LogP contribution < -0.4 is 0 Å². The maximum absolute atomic E-state index is 12.7. The fourth-order valence-electron chi connectivity index (χ4n) is 5.08. The number of aryl methyl sites for hydroxylation is 1. The number of hydrogen-bond acceptors (Lipinski definition) is 3. The molecule has 0 bridgehead atoms. The molecule has 0 N–H and O–H groups in total. The minimum atomic E-state index is -0.363. The summed E-state index contributed by atoms with van der Waals surface area (Å²) in [6.45, 7) is 4.20. The standard InChI is InChI=1S/C22H23N3O/c1-4-16-18-11-10-17-19(14-8-6-5-7-9-14)25(3)24-21(17)22(18,2)12-15(13-23)20(16)26/h5-9,12,16,18H,4,10-11H2,1-3H3/t16-,18-,22-/m0/s1.